The largest absolute Gasteiger partial charge is 0.306 e. The molecule has 2 aromatic rings. The van der Waals surface area contributed by atoms with Gasteiger partial charge in [-0.1, -0.05) is 18.2 Å². The van der Waals surface area contributed by atoms with Crippen LogP contribution in [0.4, 0.5) is 0 Å². The van der Waals surface area contributed by atoms with Crippen LogP contribution in [-0.2, 0) is 16.8 Å². The topological polar surface area (TPSA) is 50.2 Å². The van der Waals surface area contributed by atoms with Crippen LogP contribution in [0.2, 0.25) is 0 Å². The van der Waals surface area contributed by atoms with E-state index in [0.717, 1.165) is 16.5 Å². The lowest BCUT2D eigenvalue weighted by atomic mass is 10.2. The van der Waals surface area contributed by atoms with Crippen LogP contribution in [-0.4, -0.2) is 13.7 Å². The second-order valence-electron chi connectivity index (χ2n) is 3.00. The third kappa shape index (κ3) is 1.97. The van der Waals surface area contributed by atoms with Gasteiger partial charge in [0.1, 0.15) is 0 Å². The highest BCUT2D eigenvalue weighted by atomic mass is 32.2. The second-order valence-corrected chi connectivity index (χ2v) is 3.93. The average Bonchev–Trinajstić information content (AvgIpc) is 2.17. The lowest BCUT2D eigenvalue weighted by Gasteiger charge is -1.99. The first kappa shape index (κ1) is 9.30. The highest BCUT2D eigenvalue weighted by Crippen LogP contribution is 2.13. The predicted molar refractivity (Wildman–Crippen MR) is 56.2 cm³/mol. The highest BCUT2D eigenvalue weighted by molar-refractivity contribution is 7.78. The molecule has 0 aliphatic heterocycles. The number of benzene rings is 1. The molecule has 0 saturated carbocycles. The van der Waals surface area contributed by atoms with Gasteiger partial charge < -0.3 is 4.55 Å². The van der Waals surface area contributed by atoms with Crippen molar-refractivity contribution in [2.24, 2.45) is 0 Å². The second kappa shape index (κ2) is 3.86. The van der Waals surface area contributed by atoms with Gasteiger partial charge in [-0.3, -0.25) is 4.98 Å². The summed E-state index contributed by atoms with van der Waals surface area (Å²) in [6.45, 7) is 0. The fraction of sp³-hybridized carbons (Fsp3) is 0.100. The summed E-state index contributed by atoms with van der Waals surface area (Å²) in [7, 11) is 0. The summed E-state index contributed by atoms with van der Waals surface area (Å²) >= 11 is -1.80. The SMILES string of the molecule is O=S(O)Cc1cnc2ccccc2c1. The standard InChI is InChI=1S/C10H9NO2S/c12-14(13)7-8-5-9-3-1-2-4-10(9)11-6-8/h1-6H,7H2,(H,12,13). The van der Waals surface area contributed by atoms with Gasteiger partial charge >= 0.3 is 0 Å². The Labute approximate surface area is 84.1 Å². The monoisotopic (exact) mass is 207 g/mol. The Bertz CT molecular complexity index is 484. The molecular formula is C10H9NO2S. The summed E-state index contributed by atoms with van der Waals surface area (Å²) in [6, 6.07) is 9.57. The van der Waals surface area contributed by atoms with Gasteiger partial charge in [-0.15, -0.1) is 0 Å². The number of para-hydroxylation sites is 1. The van der Waals surface area contributed by atoms with E-state index in [-0.39, 0.29) is 5.75 Å². The van der Waals surface area contributed by atoms with Crippen molar-refractivity contribution in [2.75, 3.05) is 0 Å². The summed E-state index contributed by atoms with van der Waals surface area (Å²) in [6.07, 6.45) is 1.64. The van der Waals surface area contributed by atoms with Gasteiger partial charge in [-0.05, 0) is 17.7 Å². The van der Waals surface area contributed by atoms with E-state index in [1.54, 1.807) is 6.20 Å². The van der Waals surface area contributed by atoms with Crippen molar-refractivity contribution < 1.29 is 8.76 Å². The molecule has 14 heavy (non-hydrogen) atoms. The van der Waals surface area contributed by atoms with Gasteiger partial charge in [0.15, 0.2) is 11.1 Å². The quantitative estimate of drug-likeness (QED) is 0.766. The third-order valence-corrected chi connectivity index (χ3v) is 2.52. The van der Waals surface area contributed by atoms with Crippen LogP contribution < -0.4 is 0 Å². The maximum absolute atomic E-state index is 10.6. The van der Waals surface area contributed by atoms with E-state index in [1.807, 2.05) is 30.3 Å². The van der Waals surface area contributed by atoms with Gasteiger partial charge in [-0.25, -0.2) is 4.21 Å². The Kier molecular flexibility index (Phi) is 2.56. The van der Waals surface area contributed by atoms with Crippen LogP contribution in [0.1, 0.15) is 5.56 Å². The van der Waals surface area contributed by atoms with E-state index in [1.165, 1.54) is 0 Å². The Hall–Kier alpha value is -1.26. The number of hydrogen-bond donors (Lipinski definition) is 1. The number of fused-ring (bicyclic) bond motifs is 1. The van der Waals surface area contributed by atoms with Gasteiger partial charge in [-0.2, -0.15) is 0 Å². The zero-order valence-corrected chi connectivity index (χ0v) is 8.20. The molecule has 0 aliphatic rings. The number of hydrogen-bond acceptors (Lipinski definition) is 2. The van der Waals surface area contributed by atoms with Gasteiger partial charge in [0.05, 0.1) is 11.3 Å². The third-order valence-electron chi connectivity index (χ3n) is 1.94. The smallest absolute Gasteiger partial charge is 0.157 e. The number of rotatable bonds is 2. The van der Waals surface area contributed by atoms with Crippen molar-refractivity contribution in [2.45, 2.75) is 5.75 Å². The molecule has 0 amide bonds. The van der Waals surface area contributed by atoms with E-state index >= 15 is 0 Å². The summed E-state index contributed by atoms with van der Waals surface area (Å²) in [5.74, 6) is 0.137. The van der Waals surface area contributed by atoms with Gasteiger partial charge in [0.2, 0.25) is 0 Å². The highest BCUT2D eigenvalue weighted by Gasteiger charge is 2.00. The van der Waals surface area contributed by atoms with E-state index < -0.39 is 11.1 Å². The molecule has 1 aromatic heterocycles. The van der Waals surface area contributed by atoms with Crippen LogP contribution in [0.25, 0.3) is 10.9 Å². The number of aromatic nitrogens is 1. The molecule has 72 valence electrons. The van der Waals surface area contributed by atoms with Gasteiger partial charge in [0.25, 0.3) is 0 Å². The fourth-order valence-corrected chi connectivity index (χ4v) is 1.78. The molecule has 1 N–H and O–H groups in total. The molecule has 4 heteroatoms. The predicted octanol–water partition coefficient (Wildman–Crippen LogP) is 1.96. The zero-order valence-electron chi connectivity index (χ0n) is 7.38. The van der Waals surface area contributed by atoms with Crippen molar-refractivity contribution in [1.29, 1.82) is 0 Å². The molecule has 0 spiro atoms. The Morgan fingerprint density at radius 2 is 2.14 bits per heavy atom. The molecule has 0 radical (unpaired) electrons. The summed E-state index contributed by atoms with van der Waals surface area (Å²) in [5.41, 5.74) is 1.68. The molecule has 1 atom stereocenters. The Morgan fingerprint density at radius 1 is 1.36 bits per heavy atom. The van der Waals surface area contributed by atoms with Crippen molar-refractivity contribution in [3.05, 3.63) is 42.1 Å². The molecule has 1 unspecified atom stereocenters. The van der Waals surface area contributed by atoms with Crippen LogP contribution in [0.15, 0.2) is 36.5 Å². The first-order chi connectivity index (χ1) is 6.75. The molecule has 1 heterocycles. The first-order valence-corrected chi connectivity index (χ1v) is 5.44. The molecule has 0 saturated heterocycles. The fourth-order valence-electron chi connectivity index (χ4n) is 1.34. The maximum Gasteiger partial charge on any atom is 0.157 e. The van der Waals surface area contributed by atoms with Crippen LogP contribution >= 0.6 is 0 Å². The van der Waals surface area contributed by atoms with E-state index in [4.69, 9.17) is 4.55 Å². The minimum Gasteiger partial charge on any atom is -0.306 e. The molecule has 1 aromatic carbocycles. The normalized spacial score (nSPS) is 12.9. The van der Waals surface area contributed by atoms with Crippen molar-refractivity contribution in [3.63, 3.8) is 0 Å². The van der Waals surface area contributed by atoms with Gasteiger partial charge in [0, 0.05) is 11.6 Å². The van der Waals surface area contributed by atoms with E-state index in [0.29, 0.717) is 0 Å². The van der Waals surface area contributed by atoms with Crippen molar-refractivity contribution in [1.82, 2.24) is 4.98 Å². The maximum atomic E-state index is 10.6. The van der Waals surface area contributed by atoms with Crippen LogP contribution in [0, 0.1) is 0 Å². The van der Waals surface area contributed by atoms with Crippen molar-refractivity contribution >= 4 is 22.0 Å². The summed E-state index contributed by atoms with van der Waals surface area (Å²) < 4.78 is 19.3. The molecule has 0 fully saturated rings. The summed E-state index contributed by atoms with van der Waals surface area (Å²) in [5, 5.41) is 0.996. The molecular weight excluding hydrogens is 198 g/mol. The van der Waals surface area contributed by atoms with Crippen LogP contribution in [0.5, 0.6) is 0 Å². The molecule has 0 aliphatic carbocycles. The lowest BCUT2D eigenvalue weighted by Crippen LogP contribution is -1.93. The molecule has 2 rings (SSSR count). The lowest BCUT2D eigenvalue weighted by molar-refractivity contribution is 0.563. The van der Waals surface area contributed by atoms with E-state index in [2.05, 4.69) is 4.98 Å². The summed E-state index contributed by atoms with van der Waals surface area (Å²) in [4.78, 5) is 4.19. The van der Waals surface area contributed by atoms with E-state index in [9.17, 15) is 4.21 Å². The molecule has 0 bridgehead atoms. The Morgan fingerprint density at radius 3 is 2.93 bits per heavy atom. The molecule has 3 nitrogen and oxygen atoms in total. The Balaban J connectivity index is 2.46. The number of nitrogens with zero attached hydrogens (tertiary/aromatic N) is 1. The number of pyridine rings is 1. The zero-order chi connectivity index (χ0) is 9.97. The average molecular weight is 207 g/mol. The minimum absolute atomic E-state index is 0.137. The van der Waals surface area contributed by atoms with Crippen LogP contribution in [0.3, 0.4) is 0 Å². The minimum atomic E-state index is -1.80. The first-order valence-electron chi connectivity index (χ1n) is 4.17. The van der Waals surface area contributed by atoms with Crippen molar-refractivity contribution in [3.8, 4) is 0 Å².